The predicted octanol–water partition coefficient (Wildman–Crippen LogP) is 5.93. The summed E-state index contributed by atoms with van der Waals surface area (Å²) in [6, 6.07) is 19.4. The first-order valence-corrected chi connectivity index (χ1v) is 11.4. The monoisotopic (exact) mass is 454 g/mol. The lowest BCUT2D eigenvalue weighted by molar-refractivity contribution is -0.143. The standard InChI is InChI=1S/C28H23ClN2O2/c29-23-5-3-6-24(19-23)31-28(26(32)33)14-12-27(13-15-28)22(9-8-20-10-16-30-17-11-20)18-21-4-1-2-7-25(21)27/h1-7,10-11,16-19,31H,12-15H2,(H,32,33). The third-order valence-electron chi connectivity index (χ3n) is 6.89. The van der Waals surface area contributed by atoms with E-state index in [2.05, 4.69) is 46.4 Å². The van der Waals surface area contributed by atoms with Gasteiger partial charge in [0, 0.05) is 39.7 Å². The van der Waals surface area contributed by atoms with Gasteiger partial charge < -0.3 is 10.4 Å². The summed E-state index contributed by atoms with van der Waals surface area (Å²) in [5.41, 5.74) is 3.79. The number of anilines is 1. The lowest BCUT2D eigenvalue weighted by Gasteiger charge is -2.44. The summed E-state index contributed by atoms with van der Waals surface area (Å²) in [6.45, 7) is 0. The number of hydrogen-bond donors (Lipinski definition) is 2. The number of carbonyl (C=O) groups is 1. The molecule has 1 heterocycles. The van der Waals surface area contributed by atoms with Crippen molar-refractivity contribution < 1.29 is 9.90 Å². The Morgan fingerprint density at radius 1 is 0.970 bits per heavy atom. The minimum absolute atomic E-state index is 0.272. The van der Waals surface area contributed by atoms with Crippen LogP contribution in [0.3, 0.4) is 0 Å². The van der Waals surface area contributed by atoms with Crippen molar-refractivity contribution in [2.45, 2.75) is 36.6 Å². The highest BCUT2D eigenvalue weighted by Crippen LogP contribution is 2.53. The van der Waals surface area contributed by atoms with Crippen molar-refractivity contribution in [3.8, 4) is 11.8 Å². The van der Waals surface area contributed by atoms with Gasteiger partial charge in [-0.05, 0) is 73.2 Å². The molecule has 1 saturated carbocycles. The molecular weight excluding hydrogens is 432 g/mol. The molecule has 33 heavy (non-hydrogen) atoms. The summed E-state index contributed by atoms with van der Waals surface area (Å²) in [6.07, 6.45) is 8.00. The second-order valence-electron chi connectivity index (χ2n) is 8.74. The van der Waals surface area contributed by atoms with Gasteiger partial charge in [-0.2, -0.15) is 0 Å². The molecule has 0 radical (unpaired) electrons. The Bertz CT molecular complexity index is 1300. The van der Waals surface area contributed by atoms with Gasteiger partial charge >= 0.3 is 5.97 Å². The number of carboxylic acid groups (broad SMARTS) is 1. The molecule has 5 heteroatoms. The van der Waals surface area contributed by atoms with Crippen LogP contribution < -0.4 is 5.32 Å². The van der Waals surface area contributed by atoms with Gasteiger partial charge in [0.25, 0.3) is 0 Å². The maximum atomic E-state index is 12.5. The molecule has 0 saturated heterocycles. The van der Waals surface area contributed by atoms with E-state index < -0.39 is 11.5 Å². The number of fused-ring (bicyclic) bond motifs is 2. The number of rotatable bonds is 3. The van der Waals surface area contributed by atoms with E-state index in [0.29, 0.717) is 30.7 Å². The average molecular weight is 455 g/mol. The third kappa shape index (κ3) is 3.90. The molecule has 1 fully saturated rings. The molecule has 0 aliphatic heterocycles. The van der Waals surface area contributed by atoms with Crippen molar-refractivity contribution in [2.75, 3.05) is 5.32 Å². The highest BCUT2D eigenvalue weighted by atomic mass is 35.5. The number of aliphatic carboxylic acids is 1. The van der Waals surface area contributed by atoms with E-state index in [-0.39, 0.29) is 5.41 Å². The fourth-order valence-corrected chi connectivity index (χ4v) is 5.30. The molecule has 0 unspecified atom stereocenters. The largest absolute Gasteiger partial charge is 0.480 e. The Morgan fingerprint density at radius 2 is 1.73 bits per heavy atom. The zero-order valence-electron chi connectivity index (χ0n) is 18.0. The molecule has 3 aromatic rings. The van der Waals surface area contributed by atoms with E-state index in [0.717, 1.165) is 16.8 Å². The normalized spacial score (nSPS) is 23.2. The third-order valence-corrected chi connectivity index (χ3v) is 7.12. The van der Waals surface area contributed by atoms with Crippen molar-refractivity contribution in [1.82, 2.24) is 4.98 Å². The van der Waals surface area contributed by atoms with E-state index in [1.54, 1.807) is 24.5 Å². The minimum atomic E-state index is -1.04. The van der Waals surface area contributed by atoms with Crippen molar-refractivity contribution >= 4 is 29.3 Å². The smallest absolute Gasteiger partial charge is 0.329 e. The van der Waals surface area contributed by atoms with Gasteiger partial charge in [0.05, 0.1) is 0 Å². The summed E-state index contributed by atoms with van der Waals surface area (Å²) in [5, 5.41) is 14.1. The summed E-state index contributed by atoms with van der Waals surface area (Å²) >= 11 is 6.13. The number of hydrogen-bond acceptors (Lipinski definition) is 3. The van der Waals surface area contributed by atoms with Gasteiger partial charge in [-0.3, -0.25) is 4.98 Å². The van der Waals surface area contributed by atoms with Crippen LogP contribution in [0, 0.1) is 11.8 Å². The Morgan fingerprint density at radius 3 is 2.45 bits per heavy atom. The van der Waals surface area contributed by atoms with Crippen molar-refractivity contribution in [3.63, 3.8) is 0 Å². The lowest BCUT2D eigenvalue weighted by atomic mass is 9.62. The van der Waals surface area contributed by atoms with Crippen LogP contribution in [0.2, 0.25) is 5.02 Å². The fraction of sp³-hybridized carbons (Fsp3) is 0.214. The van der Waals surface area contributed by atoms with Crippen LogP contribution in [-0.2, 0) is 10.2 Å². The summed E-state index contributed by atoms with van der Waals surface area (Å²) in [4.78, 5) is 16.5. The molecule has 1 spiro atoms. The molecule has 0 bridgehead atoms. The second kappa shape index (κ2) is 8.42. The van der Waals surface area contributed by atoms with E-state index in [4.69, 9.17) is 11.6 Å². The maximum absolute atomic E-state index is 12.5. The number of allylic oxidation sites excluding steroid dienone is 1. The van der Waals surface area contributed by atoms with Crippen LogP contribution in [0.15, 0.2) is 78.6 Å². The number of aromatic nitrogens is 1. The van der Waals surface area contributed by atoms with Crippen LogP contribution >= 0.6 is 11.6 Å². The summed E-state index contributed by atoms with van der Waals surface area (Å²) in [5.74, 6) is 5.86. The zero-order valence-corrected chi connectivity index (χ0v) is 18.8. The lowest BCUT2D eigenvalue weighted by Crippen LogP contribution is -2.52. The molecule has 2 N–H and O–H groups in total. The van der Waals surface area contributed by atoms with Crippen LogP contribution in [0.25, 0.3) is 6.08 Å². The summed E-state index contributed by atoms with van der Waals surface area (Å²) in [7, 11) is 0. The molecule has 5 rings (SSSR count). The Balaban J connectivity index is 1.48. The zero-order chi connectivity index (χ0) is 22.9. The van der Waals surface area contributed by atoms with E-state index >= 15 is 0 Å². The van der Waals surface area contributed by atoms with Crippen LogP contribution in [0.4, 0.5) is 5.69 Å². The molecule has 164 valence electrons. The first kappa shape index (κ1) is 21.3. The predicted molar refractivity (Wildman–Crippen MR) is 131 cm³/mol. The van der Waals surface area contributed by atoms with Gasteiger partial charge in [-0.25, -0.2) is 4.79 Å². The number of halogens is 1. The Kier molecular flexibility index (Phi) is 5.44. The molecule has 0 amide bonds. The van der Waals surface area contributed by atoms with Crippen molar-refractivity contribution in [2.24, 2.45) is 0 Å². The molecule has 4 nitrogen and oxygen atoms in total. The number of benzene rings is 2. The average Bonchev–Trinajstić information content (AvgIpc) is 3.13. The molecule has 2 aliphatic carbocycles. The van der Waals surface area contributed by atoms with E-state index in [1.807, 2.05) is 30.3 Å². The van der Waals surface area contributed by atoms with E-state index in [9.17, 15) is 9.90 Å². The molecular formula is C28H23ClN2O2. The SMILES string of the molecule is O=C(O)C1(Nc2cccc(Cl)c2)CCC2(CC1)C(C#Cc1ccncc1)=Cc1ccccc12. The highest BCUT2D eigenvalue weighted by Gasteiger charge is 2.51. The van der Waals surface area contributed by atoms with Crippen molar-refractivity contribution in [1.29, 1.82) is 0 Å². The second-order valence-corrected chi connectivity index (χ2v) is 9.17. The van der Waals surface area contributed by atoms with Crippen molar-refractivity contribution in [3.05, 3.63) is 100 Å². The van der Waals surface area contributed by atoms with E-state index in [1.165, 1.54) is 11.1 Å². The minimum Gasteiger partial charge on any atom is -0.480 e. The molecule has 1 aromatic heterocycles. The van der Waals surface area contributed by atoms with Crippen LogP contribution in [-0.4, -0.2) is 21.6 Å². The number of carboxylic acids is 1. The Hall–Kier alpha value is -3.55. The topological polar surface area (TPSA) is 62.2 Å². The number of nitrogens with one attached hydrogen (secondary N) is 1. The first-order valence-electron chi connectivity index (χ1n) is 11.0. The van der Waals surface area contributed by atoms with Crippen LogP contribution in [0.1, 0.15) is 42.4 Å². The summed E-state index contributed by atoms with van der Waals surface area (Å²) < 4.78 is 0. The fourth-order valence-electron chi connectivity index (χ4n) is 5.10. The highest BCUT2D eigenvalue weighted by molar-refractivity contribution is 6.30. The molecule has 2 aliphatic rings. The first-order chi connectivity index (χ1) is 16.0. The molecule has 0 atom stereocenters. The van der Waals surface area contributed by atoms with Gasteiger partial charge in [-0.15, -0.1) is 0 Å². The number of pyridine rings is 1. The van der Waals surface area contributed by atoms with Gasteiger partial charge in [-0.1, -0.05) is 53.8 Å². The van der Waals surface area contributed by atoms with Gasteiger partial charge in [0.1, 0.15) is 5.54 Å². The van der Waals surface area contributed by atoms with Gasteiger partial charge in [0.2, 0.25) is 0 Å². The Labute approximate surface area is 198 Å². The van der Waals surface area contributed by atoms with Gasteiger partial charge in [0.15, 0.2) is 0 Å². The maximum Gasteiger partial charge on any atom is 0.329 e. The quantitative estimate of drug-likeness (QED) is 0.481. The van der Waals surface area contributed by atoms with Crippen LogP contribution in [0.5, 0.6) is 0 Å². The number of nitrogens with zero attached hydrogens (tertiary/aromatic N) is 1. The molecule has 2 aromatic carbocycles.